The first-order chi connectivity index (χ1) is 5.57. The third-order valence-corrected chi connectivity index (χ3v) is 0.888. The molecule has 0 unspecified atom stereocenters. The minimum absolute atomic E-state index is 0.215. The van der Waals surface area contributed by atoms with Gasteiger partial charge in [-0.1, -0.05) is 19.2 Å². The van der Waals surface area contributed by atoms with Crippen molar-refractivity contribution in [3.05, 3.63) is 36.9 Å². The van der Waals surface area contributed by atoms with Gasteiger partial charge in [0.1, 0.15) is 0 Å². The quantitative estimate of drug-likeness (QED) is 0.506. The summed E-state index contributed by atoms with van der Waals surface area (Å²) in [6.45, 7) is 5.66. The average Bonchev–Trinajstić information content (AvgIpc) is 1.96. The highest BCUT2D eigenvalue weighted by atomic mass is 19.1. The number of allylic oxidation sites excluding steroid dienone is 3. The number of rotatable bonds is 5. The van der Waals surface area contributed by atoms with Crippen LogP contribution in [0.15, 0.2) is 36.9 Å². The van der Waals surface area contributed by atoms with Crippen molar-refractivity contribution < 1.29 is 19.0 Å². The molecule has 0 aliphatic carbocycles. The first-order valence-corrected chi connectivity index (χ1v) is 3.10. The smallest absolute Gasteiger partial charge is 0.341 e. The third kappa shape index (κ3) is 4.27. The summed E-state index contributed by atoms with van der Waals surface area (Å²) < 4.78 is 16.9. The fourth-order valence-electron chi connectivity index (χ4n) is 0.463. The molecule has 66 valence electrons. The third-order valence-electron chi connectivity index (χ3n) is 0.888. The van der Waals surface area contributed by atoms with Gasteiger partial charge < -0.3 is 9.84 Å². The summed E-state index contributed by atoms with van der Waals surface area (Å²) in [7, 11) is 0. The Morgan fingerprint density at radius 2 is 2.25 bits per heavy atom. The van der Waals surface area contributed by atoms with Crippen LogP contribution in [-0.2, 0) is 9.53 Å². The van der Waals surface area contributed by atoms with Crippen LogP contribution in [0.2, 0.25) is 0 Å². The molecule has 1 N–H and O–H groups in total. The van der Waals surface area contributed by atoms with Crippen LogP contribution in [0.25, 0.3) is 0 Å². The van der Waals surface area contributed by atoms with Gasteiger partial charge in [0, 0.05) is 0 Å². The van der Waals surface area contributed by atoms with E-state index in [2.05, 4.69) is 17.9 Å². The molecule has 0 aromatic heterocycles. The molecule has 0 heterocycles. The topological polar surface area (TPSA) is 46.5 Å². The summed E-state index contributed by atoms with van der Waals surface area (Å²) in [5.41, 5.74) is 0. The van der Waals surface area contributed by atoms with Gasteiger partial charge in [-0.25, -0.2) is 9.18 Å². The monoisotopic (exact) mass is 172 g/mol. The summed E-state index contributed by atoms with van der Waals surface area (Å²) in [6, 6.07) is 0. The van der Waals surface area contributed by atoms with Crippen LogP contribution in [0.5, 0.6) is 0 Å². The van der Waals surface area contributed by atoms with Crippen LogP contribution < -0.4 is 0 Å². The molecule has 0 aliphatic heterocycles. The summed E-state index contributed by atoms with van der Waals surface area (Å²) in [5, 5.41) is 8.18. The summed E-state index contributed by atoms with van der Waals surface area (Å²) in [4.78, 5) is 10.0. The highest BCUT2D eigenvalue weighted by molar-refractivity contribution is 5.68. The summed E-state index contributed by atoms with van der Waals surface area (Å²) in [5.74, 6) is -2.21. The lowest BCUT2D eigenvalue weighted by atomic mass is 10.4. The molecule has 0 aliphatic rings. The Bertz CT molecular complexity index is 230. The lowest BCUT2D eigenvalue weighted by Gasteiger charge is -2.03. The van der Waals surface area contributed by atoms with Crippen molar-refractivity contribution in [2.75, 3.05) is 6.61 Å². The maximum atomic E-state index is 12.4. The SMILES string of the molecule is C=C/C=C(/OCC(=O)O)C(=C)F. The minimum Gasteiger partial charge on any atom is -0.479 e. The number of hydrogen-bond donors (Lipinski definition) is 1. The Morgan fingerprint density at radius 3 is 2.58 bits per heavy atom. The maximum absolute atomic E-state index is 12.4. The Hall–Kier alpha value is -1.58. The molecule has 3 nitrogen and oxygen atoms in total. The van der Waals surface area contributed by atoms with Crippen molar-refractivity contribution in [2.45, 2.75) is 0 Å². The lowest BCUT2D eigenvalue weighted by molar-refractivity contribution is -0.140. The standard InChI is InChI=1S/C8H9FO3/c1-3-4-7(6(2)9)12-5-8(10)11/h3-4H,1-2,5H2,(H,10,11)/b7-4+. The first-order valence-electron chi connectivity index (χ1n) is 3.10. The van der Waals surface area contributed by atoms with Crippen molar-refractivity contribution in [2.24, 2.45) is 0 Å². The predicted octanol–water partition coefficient (Wildman–Crippen LogP) is 1.64. The summed E-state index contributed by atoms with van der Waals surface area (Å²) in [6.07, 6.45) is 2.48. The van der Waals surface area contributed by atoms with Crippen LogP contribution >= 0.6 is 0 Å². The van der Waals surface area contributed by atoms with E-state index >= 15 is 0 Å². The van der Waals surface area contributed by atoms with Gasteiger partial charge in [-0.3, -0.25) is 0 Å². The Balaban J connectivity index is 4.15. The minimum atomic E-state index is -1.17. The average molecular weight is 172 g/mol. The molecule has 0 atom stereocenters. The van der Waals surface area contributed by atoms with Gasteiger partial charge in [-0.15, -0.1) is 0 Å². The highest BCUT2D eigenvalue weighted by Gasteiger charge is 2.04. The molecule has 0 bridgehead atoms. The number of halogens is 1. The van der Waals surface area contributed by atoms with E-state index < -0.39 is 18.4 Å². The number of carboxylic acid groups (broad SMARTS) is 1. The zero-order valence-corrected chi connectivity index (χ0v) is 6.42. The van der Waals surface area contributed by atoms with Gasteiger partial charge in [-0.2, -0.15) is 0 Å². The molecule has 0 aromatic carbocycles. The van der Waals surface area contributed by atoms with E-state index in [-0.39, 0.29) is 5.76 Å². The Labute approximate surface area is 69.5 Å². The molecule has 0 radical (unpaired) electrons. The first kappa shape index (κ1) is 10.4. The van der Waals surface area contributed by atoms with E-state index in [1.165, 1.54) is 12.2 Å². The molecule has 4 heteroatoms. The Morgan fingerprint density at radius 1 is 1.67 bits per heavy atom. The van der Waals surface area contributed by atoms with E-state index in [1.807, 2.05) is 0 Å². The lowest BCUT2D eigenvalue weighted by Crippen LogP contribution is -2.06. The van der Waals surface area contributed by atoms with Gasteiger partial charge in [0.05, 0.1) is 0 Å². The molecular formula is C8H9FO3. The van der Waals surface area contributed by atoms with Gasteiger partial charge in [-0.05, 0) is 6.08 Å². The van der Waals surface area contributed by atoms with Crippen molar-refractivity contribution in [1.82, 2.24) is 0 Å². The fourth-order valence-corrected chi connectivity index (χ4v) is 0.463. The van der Waals surface area contributed by atoms with Crippen LogP contribution in [-0.4, -0.2) is 17.7 Å². The van der Waals surface area contributed by atoms with E-state index in [9.17, 15) is 9.18 Å². The van der Waals surface area contributed by atoms with E-state index in [1.54, 1.807) is 0 Å². The fraction of sp³-hybridized carbons (Fsp3) is 0.125. The number of carbonyl (C=O) groups is 1. The molecule has 0 spiro atoms. The van der Waals surface area contributed by atoms with Crippen LogP contribution in [0.3, 0.4) is 0 Å². The second-order valence-electron chi connectivity index (χ2n) is 1.85. The van der Waals surface area contributed by atoms with E-state index in [0.717, 1.165) is 0 Å². The van der Waals surface area contributed by atoms with Crippen molar-refractivity contribution >= 4 is 5.97 Å². The highest BCUT2D eigenvalue weighted by Crippen LogP contribution is 2.10. The Kier molecular flexibility index (Phi) is 4.45. The largest absolute Gasteiger partial charge is 0.479 e. The molecule has 0 aromatic rings. The zero-order chi connectivity index (χ0) is 9.56. The number of hydrogen-bond acceptors (Lipinski definition) is 2. The van der Waals surface area contributed by atoms with Crippen molar-refractivity contribution in [3.8, 4) is 0 Å². The normalized spacial score (nSPS) is 10.6. The molecule has 0 amide bonds. The van der Waals surface area contributed by atoms with Gasteiger partial charge >= 0.3 is 5.97 Å². The number of carboxylic acids is 1. The molecule has 0 saturated heterocycles. The van der Waals surface area contributed by atoms with E-state index in [0.29, 0.717) is 0 Å². The number of aliphatic carboxylic acids is 1. The van der Waals surface area contributed by atoms with Crippen LogP contribution in [0, 0.1) is 0 Å². The second-order valence-corrected chi connectivity index (χ2v) is 1.85. The molecule has 0 fully saturated rings. The van der Waals surface area contributed by atoms with Gasteiger partial charge in [0.15, 0.2) is 18.2 Å². The molecule has 0 saturated carbocycles. The molecule has 0 rings (SSSR count). The van der Waals surface area contributed by atoms with Gasteiger partial charge in [0.25, 0.3) is 0 Å². The van der Waals surface area contributed by atoms with Gasteiger partial charge in [0.2, 0.25) is 0 Å². The second kappa shape index (κ2) is 5.12. The van der Waals surface area contributed by atoms with Crippen LogP contribution in [0.4, 0.5) is 4.39 Å². The molecular weight excluding hydrogens is 163 g/mol. The van der Waals surface area contributed by atoms with Crippen molar-refractivity contribution in [3.63, 3.8) is 0 Å². The molecule has 12 heavy (non-hydrogen) atoms. The van der Waals surface area contributed by atoms with E-state index in [4.69, 9.17) is 5.11 Å². The maximum Gasteiger partial charge on any atom is 0.341 e. The van der Waals surface area contributed by atoms with Crippen LogP contribution in [0.1, 0.15) is 0 Å². The zero-order valence-electron chi connectivity index (χ0n) is 6.42. The number of ether oxygens (including phenoxy) is 1. The summed E-state index contributed by atoms with van der Waals surface area (Å²) >= 11 is 0. The predicted molar refractivity (Wildman–Crippen MR) is 42.1 cm³/mol. The van der Waals surface area contributed by atoms with Crippen molar-refractivity contribution in [1.29, 1.82) is 0 Å².